The Kier molecular flexibility index (Phi) is 21.6. The highest BCUT2D eigenvalue weighted by atomic mass is 16.3. The lowest BCUT2D eigenvalue weighted by molar-refractivity contribution is 0.186. The maximum Gasteiger partial charge on any atom is 0.0662 e. The molecule has 0 atom stereocenters. The van der Waals surface area contributed by atoms with Crippen molar-refractivity contribution < 1.29 is 10.2 Å². The van der Waals surface area contributed by atoms with Crippen molar-refractivity contribution in [3.05, 3.63) is 0 Å². The van der Waals surface area contributed by atoms with Gasteiger partial charge in [-0.1, -0.05) is 26.7 Å². The third-order valence-corrected chi connectivity index (χ3v) is 1.54. The van der Waals surface area contributed by atoms with Crippen molar-refractivity contribution >= 4 is 0 Å². The van der Waals surface area contributed by atoms with E-state index in [1.807, 2.05) is 0 Å². The highest BCUT2D eigenvalue weighted by Crippen LogP contribution is 1.82. The van der Waals surface area contributed by atoms with Crippen LogP contribution in [-0.4, -0.2) is 36.5 Å². The Morgan fingerprint density at radius 2 is 1.14 bits per heavy atom. The lowest BCUT2D eigenvalue weighted by atomic mass is 10.3. The SMILES string of the molecule is CCCCNNCCCC.OCCO. The summed E-state index contributed by atoms with van der Waals surface area (Å²) in [6.07, 6.45) is 5.06. The molecule has 0 aliphatic carbocycles. The van der Waals surface area contributed by atoms with Crippen molar-refractivity contribution in [1.29, 1.82) is 0 Å². The fourth-order valence-corrected chi connectivity index (χ4v) is 0.707. The van der Waals surface area contributed by atoms with Crippen LogP contribution in [0.1, 0.15) is 39.5 Å². The van der Waals surface area contributed by atoms with Gasteiger partial charge in [0.05, 0.1) is 13.2 Å². The van der Waals surface area contributed by atoms with Gasteiger partial charge in [-0.3, -0.25) is 10.9 Å². The van der Waals surface area contributed by atoms with Gasteiger partial charge in [0.1, 0.15) is 0 Å². The van der Waals surface area contributed by atoms with Crippen molar-refractivity contribution in [1.82, 2.24) is 10.9 Å². The molecule has 0 amide bonds. The van der Waals surface area contributed by atoms with Gasteiger partial charge >= 0.3 is 0 Å². The highest BCUT2D eigenvalue weighted by molar-refractivity contribution is 4.41. The van der Waals surface area contributed by atoms with Gasteiger partial charge in [-0.05, 0) is 12.8 Å². The van der Waals surface area contributed by atoms with Gasteiger partial charge in [-0.2, -0.15) is 0 Å². The predicted octanol–water partition coefficient (Wildman–Crippen LogP) is 0.652. The average molecular weight is 206 g/mol. The van der Waals surface area contributed by atoms with Gasteiger partial charge < -0.3 is 10.2 Å². The van der Waals surface area contributed by atoms with E-state index in [-0.39, 0.29) is 13.2 Å². The van der Waals surface area contributed by atoms with Crippen molar-refractivity contribution in [3.8, 4) is 0 Å². The lowest BCUT2D eigenvalue weighted by Gasteiger charge is -2.03. The van der Waals surface area contributed by atoms with Crippen molar-refractivity contribution in [3.63, 3.8) is 0 Å². The maximum absolute atomic E-state index is 7.62. The number of hydrogen-bond donors (Lipinski definition) is 4. The van der Waals surface area contributed by atoms with Crippen LogP contribution in [0.25, 0.3) is 0 Å². The van der Waals surface area contributed by atoms with E-state index in [4.69, 9.17) is 10.2 Å². The fraction of sp³-hybridized carbons (Fsp3) is 1.00. The zero-order chi connectivity index (χ0) is 11.1. The van der Waals surface area contributed by atoms with E-state index in [2.05, 4.69) is 24.7 Å². The van der Waals surface area contributed by atoms with Crippen LogP contribution >= 0.6 is 0 Å². The number of unbranched alkanes of at least 4 members (excludes halogenated alkanes) is 2. The number of hydrazine groups is 1. The second kappa shape index (κ2) is 18.6. The smallest absolute Gasteiger partial charge is 0.0662 e. The summed E-state index contributed by atoms with van der Waals surface area (Å²) in [6.45, 7) is 6.35. The molecule has 0 aromatic heterocycles. The third kappa shape index (κ3) is 22.6. The molecule has 4 nitrogen and oxygen atoms in total. The van der Waals surface area contributed by atoms with E-state index in [0.717, 1.165) is 13.1 Å². The molecular weight excluding hydrogens is 180 g/mol. The Balaban J connectivity index is 0. The van der Waals surface area contributed by atoms with Crippen LogP contribution in [-0.2, 0) is 0 Å². The minimum atomic E-state index is -0.125. The summed E-state index contributed by atoms with van der Waals surface area (Å²) in [5.74, 6) is 0. The normalized spacial score (nSPS) is 9.43. The zero-order valence-corrected chi connectivity index (χ0v) is 9.55. The molecule has 0 bridgehead atoms. The van der Waals surface area contributed by atoms with Gasteiger partial charge in [0.25, 0.3) is 0 Å². The average Bonchev–Trinajstić information content (AvgIpc) is 2.24. The molecule has 0 aromatic carbocycles. The molecule has 14 heavy (non-hydrogen) atoms. The molecule has 0 fully saturated rings. The summed E-state index contributed by atoms with van der Waals surface area (Å²) < 4.78 is 0. The highest BCUT2D eigenvalue weighted by Gasteiger charge is 1.83. The van der Waals surface area contributed by atoms with Crippen LogP contribution in [0.15, 0.2) is 0 Å². The summed E-state index contributed by atoms with van der Waals surface area (Å²) in [4.78, 5) is 0. The number of hydrogen-bond acceptors (Lipinski definition) is 4. The Labute approximate surface area is 87.7 Å². The Morgan fingerprint density at radius 3 is 1.36 bits per heavy atom. The molecule has 0 heterocycles. The largest absolute Gasteiger partial charge is 0.394 e. The van der Waals surface area contributed by atoms with E-state index >= 15 is 0 Å². The Morgan fingerprint density at radius 1 is 0.786 bits per heavy atom. The molecule has 0 saturated carbocycles. The first-order valence-corrected chi connectivity index (χ1v) is 5.50. The second-order valence-electron chi connectivity index (χ2n) is 3.01. The van der Waals surface area contributed by atoms with Gasteiger partial charge in [0.15, 0.2) is 0 Å². The zero-order valence-electron chi connectivity index (χ0n) is 9.55. The van der Waals surface area contributed by atoms with Crippen LogP contribution in [0.3, 0.4) is 0 Å². The van der Waals surface area contributed by atoms with Gasteiger partial charge in [0, 0.05) is 13.1 Å². The molecule has 4 heteroatoms. The number of rotatable bonds is 8. The third-order valence-electron chi connectivity index (χ3n) is 1.54. The van der Waals surface area contributed by atoms with E-state index in [1.54, 1.807) is 0 Å². The number of nitrogens with one attached hydrogen (secondary N) is 2. The van der Waals surface area contributed by atoms with Gasteiger partial charge in [-0.15, -0.1) is 0 Å². The summed E-state index contributed by atoms with van der Waals surface area (Å²) in [7, 11) is 0. The molecule has 0 aliphatic rings. The Hall–Kier alpha value is -0.160. The van der Waals surface area contributed by atoms with Crippen molar-refractivity contribution in [2.45, 2.75) is 39.5 Å². The number of aliphatic hydroxyl groups is 2. The summed E-state index contributed by atoms with van der Waals surface area (Å²) in [6, 6.07) is 0. The van der Waals surface area contributed by atoms with Crippen LogP contribution in [0.5, 0.6) is 0 Å². The van der Waals surface area contributed by atoms with Crippen molar-refractivity contribution in [2.24, 2.45) is 0 Å². The first-order chi connectivity index (χ1) is 6.83. The molecule has 0 saturated heterocycles. The van der Waals surface area contributed by atoms with E-state index in [9.17, 15) is 0 Å². The van der Waals surface area contributed by atoms with Gasteiger partial charge in [0.2, 0.25) is 0 Å². The molecule has 0 spiro atoms. The van der Waals surface area contributed by atoms with E-state index < -0.39 is 0 Å². The molecule has 88 valence electrons. The monoisotopic (exact) mass is 206 g/mol. The Bertz CT molecular complexity index is 72.5. The minimum Gasteiger partial charge on any atom is -0.394 e. The maximum atomic E-state index is 7.62. The molecule has 0 aliphatic heterocycles. The van der Waals surface area contributed by atoms with Crippen LogP contribution in [0.4, 0.5) is 0 Å². The molecule has 4 N–H and O–H groups in total. The standard InChI is InChI=1S/C8H20N2.C2H6O2/c1-3-5-7-9-10-8-6-4-2;3-1-2-4/h9-10H,3-8H2,1-2H3;3-4H,1-2H2. The molecule has 0 unspecified atom stereocenters. The first-order valence-electron chi connectivity index (χ1n) is 5.50. The predicted molar refractivity (Wildman–Crippen MR) is 60.0 cm³/mol. The molecule has 0 radical (unpaired) electrons. The topological polar surface area (TPSA) is 64.5 Å². The minimum absolute atomic E-state index is 0.125. The summed E-state index contributed by atoms with van der Waals surface area (Å²) in [5.41, 5.74) is 6.34. The first kappa shape index (κ1) is 16.3. The molecule has 0 rings (SSSR count). The quantitative estimate of drug-likeness (QED) is 0.348. The second-order valence-corrected chi connectivity index (χ2v) is 3.01. The fourth-order valence-electron chi connectivity index (χ4n) is 0.707. The van der Waals surface area contributed by atoms with Crippen molar-refractivity contribution in [2.75, 3.05) is 26.3 Å². The number of aliphatic hydroxyl groups excluding tert-OH is 2. The lowest BCUT2D eigenvalue weighted by Crippen LogP contribution is -2.33. The van der Waals surface area contributed by atoms with Gasteiger partial charge in [-0.25, -0.2) is 0 Å². The van der Waals surface area contributed by atoms with E-state index in [0.29, 0.717) is 0 Å². The molecular formula is C10H26N2O2. The van der Waals surface area contributed by atoms with Crippen LogP contribution < -0.4 is 10.9 Å². The van der Waals surface area contributed by atoms with Crippen LogP contribution in [0.2, 0.25) is 0 Å². The van der Waals surface area contributed by atoms with Crippen LogP contribution in [0, 0.1) is 0 Å². The summed E-state index contributed by atoms with van der Waals surface area (Å²) in [5, 5.41) is 15.2. The summed E-state index contributed by atoms with van der Waals surface area (Å²) >= 11 is 0. The molecule has 0 aromatic rings. The van der Waals surface area contributed by atoms with E-state index in [1.165, 1.54) is 25.7 Å².